The van der Waals surface area contributed by atoms with Gasteiger partial charge in [0.25, 0.3) is 5.91 Å². The van der Waals surface area contributed by atoms with Crippen LogP contribution in [0.3, 0.4) is 0 Å². The number of imidazole rings is 1. The molecular formula is C33H32ClFN6O2. The minimum atomic E-state index is -0.389. The Balaban J connectivity index is 1.06. The highest BCUT2D eigenvalue weighted by atomic mass is 35.5. The standard InChI is InChI=1S/C33H32ClFN6O2/c1-21-26(5-4-14-36-21)33(42)37-25-10-11-30-29(18-25)38-31(40(30)2)19-41-15-12-22(13-16-41)28-6-3-7-32(39-28)43-20-23-8-9-24(34)17-27(23)35/h3-11,14,17-18,22H,12-13,15-16,19-20H2,1-2H3,(H,37,42). The van der Waals surface area contributed by atoms with E-state index in [1.807, 2.05) is 44.3 Å². The maximum absolute atomic E-state index is 14.1. The van der Waals surface area contributed by atoms with Crippen LogP contribution in [0.5, 0.6) is 5.88 Å². The Morgan fingerprint density at radius 2 is 1.91 bits per heavy atom. The summed E-state index contributed by atoms with van der Waals surface area (Å²) in [5.74, 6) is 1.20. The molecule has 0 saturated carbocycles. The number of amides is 1. The summed E-state index contributed by atoms with van der Waals surface area (Å²) < 4.78 is 22.0. The van der Waals surface area contributed by atoms with Gasteiger partial charge in [0.05, 0.1) is 23.1 Å². The SMILES string of the molecule is Cc1ncccc1C(=O)Nc1ccc2c(c1)nc(CN1CCC(c3cccc(OCc4ccc(Cl)cc4F)n3)CC1)n2C. The fraction of sp³-hybridized carbons (Fsp3) is 0.273. The molecule has 0 radical (unpaired) electrons. The van der Waals surface area contributed by atoms with Crippen LogP contribution in [0.15, 0.2) is 72.9 Å². The number of hydrogen-bond acceptors (Lipinski definition) is 6. The molecule has 1 fully saturated rings. The van der Waals surface area contributed by atoms with Gasteiger partial charge in [-0.3, -0.25) is 14.7 Å². The number of pyridine rings is 2. The molecule has 2 aromatic carbocycles. The van der Waals surface area contributed by atoms with Crippen LogP contribution in [0.1, 0.15) is 51.9 Å². The second-order valence-electron chi connectivity index (χ2n) is 10.9. The number of likely N-dealkylation sites (tertiary alicyclic amines) is 1. The van der Waals surface area contributed by atoms with Gasteiger partial charge in [0.1, 0.15) is 18.2 Å². The molecule has 1 amide bonds. The summed E-state index contributed by atoms with van der Waals surface area (Å²) in [6, 6.07) is 19.7. The number of piperidine rings is 1. The van der Waals surface area contributed by atoms with E-state index in [1.165, 1.54) is 6.07 Å². The second kappa shape index (κ2) is 12.5. The van der Waals surface area contributed by atoms with Gasteiger partial charge in [-0.15, -0.1) is 0 Å². The van der Waals surface area contributed by atoms with Crippen molar-refractivity contribution in [2.75, 3.05) is 18.4 Å². The molecule has 4 heterocycles. The highest BCUT2D eigenvalue weighted by molar-refractivity contribution is 6.30. The third kappa shape index (κ3) is 6.53. The lowest BCUT2D eigenvalue weighted by Crippen LogP contribution is -2.33. The zero-order chi connectivity index (χ0) is 29.9. The van der Waals surface area contributed by atoms with E-state index in [0.29, 0.717) is 39.3 Å². The number of carbonyl (C=O) groups excluding carboxylic acids is 1. The first-order valence-corrected chi connectivity index (χ1v) is 14.7. The molecule has 5 aromatic rings. The van der Waals surface area contributed by atoms with Crippen LogP contribution in [0.4, 0.5) is 10.1 Å². The van der Waals surface area contributed by atoms with Gasteiger partial charge in [0.15, 0.2) is 0 Å². The zero-order valence-electron chi connectivity index (χ0n) is 24.1. The Bertz CT molecular complexity index is 1780. The molecule has 1 aliphatic heterocycles. The predicted octanol–water partition coefficient (Wildman–Crippen LogP) is 6.68. The van der Waals surface area contributed by atoms with Crippen LogP contribution in [-0.2, 0) is 20.2 Å². The Morgan fingerprint density at radius 1 is 1.07 bits per heavy atom. The van der Waals surface area contributed by atoms with Crippen molar-refractivity contribution in [3.63, 3.8) is 0 Å². The van der Waals surface area contributed by atoms with E-state index in [9.17, 15) is 9.18 Å². The number of rotatable bonds is 8. The van der Waals surface area contributed by atoms with Crippen LogP contribution >= 0.6 is 11.6 Å². The second-order valence-corrected chi connectivity index (χ2v) is 11.3. The molecule has 0 aliphatic carbocycles. The van der Waals surface area contributed by atoms with Gasteiger partial charge in [0.2, 0.25) is 5.88 Å². The van der Waals surface area contributed by atoms with E-state index in [2.05, 4.69) is 19.8 Å². The lowest BCUT2D eigenvalue weighted by Gasteiger charge is -2.31. The van der Waals surface area contributed by atoms with Crippen molar-refractivity contribution in [3.05, 3.63) is 112 Å². The molecule has 220 valence electrons. The molecule has 0 atom stereocenters. The summed E-state index contributed by atoms with van der Waals surface area (Å²) in [5, 5.41) is 3.33. The van der Waals surface area contributed by atoms with Gasteiger partial charge in [-0.2, -0.15) is 0 Å². The number of halogens is 2. The van der Waals surface area contributed by atoms with Crippen LogP contribution in [0.2, 0.25) is 5.02 Å². The Kier molecular flexibility index (Phi) is 8.35. The van der Waals surface area contributed by atoms with Crippen molar-refractivity contribution < 1.29 is 13.9 Å². The van der Waals surface area contributed by atoms with Crippen LogP contribution in [0, 0.1) is 12.7 Å². The third-order valence-corrected chi connectivity index (χ3v) is 8.22. The Labute approximate surface area is 254 Å². The maximum Gasteiger partial charge on any atom is 0.257 e. The minimum absolute atomic E-state index is 0.0912. The van der Waals surface area contributed by atoms with Gasteiger partial charge in [0, 0.05) is 52.9 Å². The number of fused-ring (bicyclic) bond motifs is 1. The molecule has 10 heteroatoms. The molecule has 3 aromatic heterocycles. The smallest absolute Gasteiger partial charge is 0.257 e. The van der Waals surface area contributed by atoms with Crippen LogP contribution in [-0.4, -0.2) is 43.4 Å². The van der Waals surface area contributed by atoms with Crippen LogP contribution in [0.25, 0.3) is 11.0 Å². The molecule has 43 heavy (non-hydrogen) atoms. The summed E-state index contributed by atoms with van der Waals surface area (Å²) in [7, 11) is 2.03. The first kappa shape index (κ1) is 28.8. The number of anilines is 1. The fourth-order valence-electron chi connectivity index (χ4n) is 5.51. The number of benzene rings is 2. The molecule has 1 N–H and O–H groups in total. The number of ether oxygens (including phenoxy) is 1. The van der Waals surface area contributed by atoms with Gasteiger partial charge in [-0.05, 0) is 81.4 Å². The van der Waals surface area contributed by atoms with Crippen molar-refractivity contribution in [1.29, 1.82) is 0 Å². The predicted molar refractivity (Wildman–Crippen MR) is 165 cm³/mol. The summed E-state index contributed by atoms with van der Waals surface area (Å²) in [4.78, 5) is 29.0. The van der Waals surface area contributed by atoms with Gasteiger partial charge < -0.3 is 14.6 Å². The van der Waals surface area contributed by atoms with E-state index < -0.39 is 0 Å². The van der Waals surface area contributed by atoms with Gasteiger partial charge in [-0.25, -0.2) is 14.4 Å². The number of nitrogens with zero attached hydrogens (tertiary/aromatic N) is 5. The normalized spacial score (nSPS) is 14.2. The third-order valence-electron chi connectivity index (χ3n) is 7.99. The molecule has 0 spiro atoms. The van der Waals surface area contributed by atoms with E-state index in [-0.39, 0.29) is 18.3 Å². The summed E-state index contributed by atoms with van der Waals surface area (Å²) in [6.45, 7) is 4.48. The molecular weight excluding hydrogens is 567 g/mol. The van der Waals surface area contributed by atoms with E-state index in [0.717, 1.165) is 55.0 Å². The summed E-state index contributed by atoms with van der Waals surface area (Å²) >= 11 is 5.85. The summed E-state index contributed by atoms with van der Waals surface area (Å²) in [6.07, 6.45) is 3.61. The van der Waals surface area contributed by atoms with Crippen molar-refractivity contribution in [1.82, 2.24) is 24.4 Å². The summed E-state index contributed by atoms with van der Waals surface area (Å²) in [5.41, 5.74) is 5.22. The number of hydrogen-bond donors (Lipinski definition) is 1. The van der Waals surface area contributed by atoms with Crippen molar-refractivity contribution in [2.45, 2.75) is 38.8 Å². The van der Waals surface area contributed by atoms with Gasteiger partial charge in [-0.1, -0.05) is 23.7 Å². The molecule has 0 unspecified atom stereocenters. The lowest BCUT2D eigenvalue weighted by atomic mass is 9.93. The topological polar surface area (TPSA) is 85.2 Å². The van der Waals surface area contributed by atoms with E-state index in [4.69, 9.17) is 26.3 Å². The van der Waals surface area contributed by atoms with Crippen LogP contribution < -0.4 is 10.1 Å². The molecule has 6 rings (SSSR count). The first-order valence-electron chi connectivity index (χ1n) is 14.3. The first-order chi connectivity index (χ1) is 20.8. The lowest BCUT2D eigenvalue weighted by molar-refractivity contribution is 0.102. The molecule has 1 saturated heterocycles. The highest BCUT2D eigenvalue weighted by Gasteiger charge is 2.23. The average Bonchev–Trinajstić information content (AvgIpc) is 3.31. The van der Waals surface area contributed by atoms with Crippen molar-refractivity contribution in [3.8, 4) is 5.88 Å². The quantitative estimate of drug-likeness (QED) is 0.215. The van der Waals surface area contributed by atoms with Crippen molar-refractivity contribution >= 4 is 34.2 Å². The molecule has 0 bridgehead atoms. The number of carbonyl (C=O) groups is 1. The number of nitrogens with one attached hydrogen (secondary N) is 1. The van der Waals surface area contributed by atoms with Crippen molar-refractivity contribution in [2.24, 2.45) is 7.05 Å². The number of aryl methyl sites for hydroxylation is 2. The molecule has 8 nitrogen and oxygen atoms in total. The van der Waals surface area contributed by atoms with E-state index >= 15 is 0 Å². The van der Waals surface area contributed by atoms with Gasteiger partial charge >= 0.3 is 0 Å². The fourth-order valence-corrected chi connectivity index (χ4v) is 5.67. The van der Waals surface area contributed by atoms with E-state index in [1.54, 1.807) is 36.5 Å². The minimum Gasteiger partial charge on any atom is -0.473 e. The largest absolute Gasteiger partial charge is 0.473 e. The molecule has 1 aliphatic rings. The zero-order valence-corrected chi connectivity index (χ0v) is 24.8. The Hall–Kier alpha value is -4.34. The highest BCUT2D eigenvalue weighted by Crippen LogP contribution is 2.29. The number of aromatic nitrogens is 4. The monoisotopic (exact) mass is 598 g/mol. The average molecular weight is 599 g/mol. The maximum atomic E-state index is 14.1. The Morgan fingerprint density at radius 3 is 2.70 bits per heavy atom.